The molecule has 0 aliphatic heterocycles. The molecule has 0 atom stereocenters. The van der Waals surface area contributed by atoms with Gasteiger partial charge in [0.2, 0.25) is 0 Å². The van der Waals surface area contributed by atoms with Crippen LogP contribution in [0.25, 0.3) is 20.2 Å². The minimum absolute atomic E-state index is 0.559. The lowest BCUT2D eigenvalue weighted by molar-refractivity contribution is 1.37. The Bertz CT molecular complexity index is 615. The third kappa shape index (κ3) is 1.11. The number of hydrogen-bond donors (Lipinski definition) is 0. The number of pyridine rings is 1. The highest BCUT2D eigenvalue weighted by Crippen LogP contribution is 2.33. The molecule has 0 amide bonds. The average molecular weight is 220 g/mol. The van der Waals surface area contributed by atoms with Crippen molar-refractivity contribution in [1.82, 2.24) is 4.98 Å². The molecule has 2 heterocycles. The lowest BCUT2D eigenvalue weighted by Crippen LogP contribution is -1.71. The molecule has 0 aliphatic rings. The van der Waals surface area contributed by atoms with Crippen LogP contribution in [-0.2, 0) is 0 Å². The highest BCUT2D eigenvalue weighted by atomic mass is 35.5. The van der Waals surface area contributed by atoms with Crippen LogP contribution in [0.2, 0.25) is 5.15 Å². The summed E-state index contributed by atoms with van der Waals surface area (Å²) in [6.45, 7) is 0. The molecule has 3 heteroatoms. The van der Waals surface area contributed by atoms with Crippen molar-refractivity contribution in [2.75, 3.05) is 0 Å². The summed E-state index contributed by atoms with van der Waals surface area (Å²) in [6, 6.07) is 10.2. The number of benzene rings is 1. The molecule has 0 saturated heterocycles. The van der Waals surface area contributed by atoms with E-state index in [1.165, 1.54) is 20.2 Å². The summed E-state index contributed by atoms with van der Waals surface area (Å²) in [7, 11) is 0. The average Bonchev–Trinajstić information content (AvgIpc) is 2.54. The third-order valence-corrected chi connectivity index (χ3v) is 3.57. The standard InChI is InChI=1S/C11H6ClNS/c12-11-5-10-8(6-13-11)7-3-1-2-4-9(7)14-10/h1-6H. The van der Waals surface area contributed by atoms with Crippen molar-refractivity contribution in [3.63, 3.8) is 0 Å². The van der Waals surface area contributed by atoms with Crippen molar-refractivity contribution in [1.29, 1.82) is 0 Å². The van der Waals surface area contributed by atoms with Crippen LogP contribution < -0.4 is 0 Å². The van der Waals surface area contributed by atoms with Gasteiger partial charge < -0.3 is 0 Å². The van der Waals surface area contributed by atoms with Crippen LogP contribution in [0, 0.1) is 0 Å². The van der Waals surface area contributed by atoms with Gasteiger partial charge in [0.05, 0.1) is 0 Å². The van der Waals surface area contributed by atoms with E-state index in [0.717, 1.165) is 0 Å². The fourth-order valence-corrected chi connectivity index (χ4v) is 2.93. The predicted molar refractivity (Wildman–Crippen MR) is 62.1 cm³/mol. The fraction of sp³-hybridized carbons (Fsp3) is 0. The Morgan fingerprint density at radius 1 is 1.07 bits per heavy atom. The number of thiophene rings is 1. The maximum atomic E-state index is 5.84. The van der Waals surface area contributed by atoms with E-state index in [1.807, 2.05) is 24.4 Å². The van der Waals surface area contributed by atoms with E-state index in [9.17, 15) is 0 Å². The topological polar surface area (TPSA) is 12.9 Å². The van der Waals surface area contributed by atoms with Gasteiger partial charge in [-0.25, -0.2) is 4.98 Å². The van der Waals surface area contributed by atoms with Crippen molar-refractivity contribution in [3.8, 4) is 0 Å². The number of halogens is 1. The van der Waals surface area contributed by atoms with Gasteiger partial charge in [-0.05, 0) is 12.1 Å². The number of rotatable bonds is 0. The molecular formula is C11H6ClNS. The lowest BCUT2D eigenvalue weighted by atomic mass is 10.2. The van der Waals surface area contributed by atoms with E-state index in [0.29, 0.717) is 5.15 Å². The monoisotopic (exact) mass is 219 g/mol. The molecule has 0 aliphatic carbocycles. The normalized spacial score (nSPS) is 11.2. The Morgan fingerprint density at radius 2 is 1.93 bits per heavy atom. The van der Waals surface area contributed by atoms with Crippen LogP contribution in [0.1, 0.15) is 0 Å². The Kier molecular flexibility index (Phi) is 1.72. The minimum atomic E-state index is 0.559. The first-order valence-corrected chi connectivity index (χ1v) is 5.47. The van der Waals surface area contributed by atoms with Gasteiger partial charge in [0.15, 0.2) is 0 Å². The third-order valence-electron chi connectivity index (χ3n) is 2.23. The largest absolute Gasteiger partial charge is 0.244 e. The van der Waals surface area contributed by atoms with Crippen molar-refractivity contribution in [2.45, 2.75) is 0 Å². The van der Waals surface area contributed by atoms with Gasteiger partial charge in [0, 0.05) is 26.4 Å². The number of fused-ring (bicyclic) bond motifs is 3. The van der Waals surface area contributed by atoms with E-state index in [-0.39, 0.29) is 0 Å². The molecule has 68 valence electrons. The van der Waals surface area contributed by atoms with Gasteiger partial charge in [0.25, 0.3) is 0 Å². The smallest absolute Gasteiger partial charge is 0.130 e. The van der Waals surface area contributed by atoms with Gasteiger partial charge in [-0.1, -0.05) is 29.8 Å². The molecule has 1 nitrogen and oxygen atoms in total. The van der Waals surface area contributed by atoms with Crippen molar-refractivity contribution in [3.05, 3.63) is 41.7 Å². The molecule has 0 fully saturated rings. The zero-order chi connectivity index (χ0) is 9.54. The number of hydrogen-bond acceptors (Lipinski definition) is 2. The van der Waals surface area contributed by atoms with E-state index < -0.39 is 0 Å². The first-order valence-electron chi connectivity index (χ1n) is 4.27. The summed E-state index contributed by atoms with van der Waals surface area (Å²) in [5.74, 6) is 0. The molecule has 2 aromatic heterocycles. The Hall–Kier alpha value is -1.12. The molecule has 0 bridgehead atoms. The van der Waals surface area contributed by atoms with E-state index >= 15 is 0 Å². The first kappa shape index (κ1) is 8.21. The van der Waals surface area contributed by atoms with E-state index in [4.69, 9.17) is 11.6 Å². The molecule has 0 radical (unpaired) electrons. The molecular weight excluding hydrogens is 214 g/mol. The molecule has 3 aromatic rings. The van der Waals surface area contributed by atoms with Gasteiger partial charge >= 0.3 is 0 Å². The molecule has 0 spiro atoms. The maximum absolute atomic E-state index is 5.84. The molecule has 0 N–H and O–H groups in total. The second kappa shape index (κ2) is 2.94. The van der Waals surface area contributed by atoms with Crippen molar-refractivity contribution in [2.24, 2.45) is 0 Å². The van der Waals surface area contributed by atoms with Crippen LogP contribution in [-0.4, -0.2) is 4.98 Å². The summed E-state index contributed by atoms with van der Waals surface area (Å²) in [5.41, 5.74) is 0. The summed E-state index contributed by atoms with van der Waals surface area (Å²) >= 11 is 7.59. The van der Waals surface area contributed by atoms with Crippen LogP contribution in [0.3, 0.4) is 0 Å². The van der Waals surface area contributed by atoms with Gasteiger partial charge in [0.1, 0.15) is 5.15 Å². The number of aromatic nitrogens is 1. The van der Waals surface area contributed by atoms with E-state index in [1.54, 1.807) is 11.3 Å². The molecule has 0 saturated carbocycles. The Balaban J connectivity index is 2.57. The predicted octanol–water partition coefficient (Wildman–Crippen LogP) is 4.10. The van der Waals surface area contributed by atoms with E-state index in [2.05, 4.69) is 17.1 Å². The zero-order valence-corrected chi connectivity index (χ0v) is 8.77. The Labute approximate surface area is 90.0 Å². The highest BCUT2D eigenvalue weighted by Gasteiger charge is 2.04. The Morgan fingerprint density at radius 3 is 2.86 bits per heavy atom. The van der Waals surface area contributed by atoms with Crippen LogP contribution in [0.4, 0.5) is 0 Å². The van der Waals surface area contributed by atoms with Gasteiger partial charge in [-0.15, -0.1) is 11.3 Å². The summed E-state index contributed by atoms with van der Waals surface area (Å²) in [5, 5.41) is 3.01. The molecule has 3 rings (SSSR count). The zero-order valence-electron chi connectivity index (χ0n) is 7.20. The SMILES string of the molecule is Clc1cc2sc3ccccc3c2cn1. The fourth-order valence-electron chi connectivity index (χ4n) is 1.60. The lowest BCUT2D eigenvalue weighted by Gasteiger charge is -1.90. The van der Waals surface area contributed by atoms with Crippen LogP contribution in [0.5, 0.6) is 0 Å². The van der Waals surface area contributed by atoms with Gasteiger partial charge in [-0.2, -0.15) is 0 Å². The van der Waals surface area contributed by atoms with Crippen molar-refractivity contribution < 1.29 is 0 Å². The molecule has 1 aromatic carbocycles. The summed E-state index contributed by atoms with van der Waals surface area (Å²) < 4.78 is 2.48. The van der Waals surface area contributed by atoms with Crippen LogP contribution in [0.15, 0.2) is 36.5 Å². The summed E-state index contributed by atoms with van der Waals surface area (Å²) in [6.07, 6.45) is 1.84. The van der Waals surface area contributed by atoms with Gasteiger partial charge in [-0.3, -0.25) is 0 Å². The number of nitrogens with zero attached hydrogens (tertiary/aromatic N) is 1. The molecule has 14 heavy (non-hydrogen) atoms. The molecule has 0 unspecified atom stereocenters. The highest BCUT2D eigenvalue weighted by molar-refractivity contribution is 7.25. The van der Waals surface area contributed by atoms with Crippen LogP contribution >= 0.6 is 22.9 Å². The van der Waals surface area contributed by atoms with Crippen molar-refractivity contribution >= 4 is 43.1 Å². The summed E-state index contributed by atoms with van der Waals surface area (Å²) in [4.78, 5) is 4.10. The minimum Gasteiger partial charge on any atom is -0.244 e. The second-order valence-electron chi connectivity index (χ2n) is 3.10. The maximum Gasteiger partial charge on any atom is 0.130 e. The second-order valence-corrected chi connectivity index (χ2v) is 4.57. The first-order chi connectivity index (χ1) is 6.84. The quantitative estimate of drug-likeness (QED) is 0.519.